The van der Waals surface area contributed by atoms with E-state index in [1.807, 2.05) is 6.07 Å². The van der Waals surface area contributed by atoms with Gasteiger partial charge < -0.3 is 15.2 Å². The highest BCUT2D eigenvalue weighted by atomic mass is 16.5. The number of ether oxygens (including phenoxy) is 1. The molecule has 288 valence electrons. The molecule has 2 N–H and O–H groups in total. The summed E-state index contributed by atoms with van der Waals surface area (Å²) >= 11 is 0. The highest BCUT2D eigenvalue weighted by Gasteiger charge is 2.71. The smallest absolute Gasteiger partial charge is 0.309 e. The Morgan fingerprint density at radius 2 is 1.60 bits per heavy atom. The van der Waals surface area contributed by atoms with Crippen LogP contribution in [0.3, 0.4) is 0 Å². The van der Waals surface area contributed by atoms with Crippen LogP contribution in [-0.2, 0) is 19.1 Å². The molecule has 1 aromatic rings. The lowest BCUT2D eigenvalue weighted by Crippen LogP contribution is -2.67. The average molecular weight is 716 g/mol. The summed E-state index contributed by atoms with van der Waals surface area (Å²) in [5.74, 6) is 1.37. The summed E-state index contributed by atoms with van der Waals surface area (Å²) in [6.07, 6.45) is 12.3. The molecule has 5 aliphatic carbocycles. The Bertz CT molecular complexity index is 1550. The molecule has 11 atom stereocenters. The minimum atomic E-state index is -1.14. The molecule has 0 unspecified atom stereocenters. The van der Waals surface area contributed by atoms with E-state index in [2.05, 4.69) is 84.6 Å². The standard InChI is InChI=1S/C46H69NO5/c1-11-33(30-15-13-12-14-16-30)47-37(48)27-46-24-19-31(29(2)3)39(46)32-17-18-35-43(8)22-21-36(52-38(49)28-41(4,5)40(50)51)42(6,7)34(43)20-23-45(35,10)44(32,9)25-26-46/h12-16,31-36,39H,2,11,17-28H2,1,3-10H3,(H,47,48)(H,50,51)/t31-,32+,33+,34-,35+,36-,39+,43-,44+,45+,46+/m0/s1. The van der Waals surface area contributed by atoms with E-state index in [1.165, 1.54) is 36.8 Å². The molecule has 5 fully saturated rings. The molecule has 5 aliphatic rings. The molecule has 52 heavy (non-hydrogen) atoms. The van der Waals surface area contributed by atoms with Crippen molar-refractivity contribution in [2.45, 2.75) is 158 Å². The third kappa shape index (κ3) is 6.18. The topological polar surface area (TPSA) is 92.7 Å². The number of fused-ring (bicyclic) bond motifs is 7. The molecule has 6 nitrogen and oxygen atoms in total. The molecule has 0 radical (unpaired) electrons. The molecule has 5 saturated carbocycles. The van der Waals surface area contributed by atoms with Crippen LogP contribution in [-0.4, -0.2) is 29.1 Å². The zero-order valence-electron chi connectivity index (χ0n) is 33.9. The van der Waals surface area contributed by atoms with Gasteiger partial charge in [0.1, 0.15) is 6.10 Å². The summed E-state index contributed by atoms with van der Waals surface area (Å²) < 4.78 is 6.19. The number of benzene rings is 1. The maximum atomic E-state index is 14.1. The monoisotopic (exact) mass is 716 g/mol. The van der Waals surface area contributed by atoms with Crippen LogP contribution in [0.25, 0.3) is 0 Å². The number of carboxylic acid groups (broad SMARTS) is 1. The number of rotatable bonds is 10. The second-order valence-corrected chi connectivity index (χ2v) is 20.4. The van der Waals surface area contributed by atoms with Crippen molar-refractivity contribution in [1.29, 1.82) is 0 Å². The number of carbonyl (C=O) groups is 3. The van der Waals surface area contributed by atoms with Crippen molar-refractivity contribution in [3.63, 3.8) is 0 Å². The maximum absolute atomic E-state index is 14.1. The lowest BCUT2D eigenvalue weighted by molar-refractivity contribution is -0.250. The van der Waals surface area contributed by atoms with Crippen LogP contribution >= 0.6 is 0 Å². The van der Waals surface area contributed by atoms with E-state index in [4.69, 9.17) is 4.74 Å². The first-order chi connectivity index (χ1) is 24.3. The number of esters is 1. The first-order valence-corrected chi connectivity index (χ1v) is 20.7. The molecule has 0 bridgehead atoms. The van der Waals surface area contributed by atoms with Gasteiger partial charge in [-0.05, 0) is 148 Å². The average Bonchev–Trinajstić information content (AvgIpc) is 3.45. The lowest BCUT2D eigenvalue weighted by Gasteiger charge is -2.73. The third-order valence-electron chi connectivity index (χ3n) is 17.1. The molecule has 1 amide bonds. The van der Waals surface area contributed by atoms with Crippen LogP contribution in [0.15, 0.2) is 42.5 Å². The van der Waals surface area contributed by atoms with Gasteiger partial charge in [-0.2, -0.15) is 0 Å². The van der Waals surface area contributed by atoms with Gasteiger partial charge >= 0.3 is 11.9 Å². The van der Waals surface area contributed by atoms with Gasteiger partial charge in [0, 0.05) is 11.8 Å². The van der Waals surface area contributed by atoms with Crippen LogP contribution in [0.4, 0.5) is 0 Å². The predicted molar refractivity (Wildman–Crippen MR) is 207 cm³/mol. The minimum Gasteiger partial charge on any atom is -0.481 e. The van der Waals surface area contributed by atoms with Crippen LogP contribution in [0, 0.1) is 62.1 Å². The van der Waals surface area contributed by atoms with Gasteiger partial charge in [0.05, 0.1) is 17.9 Å². The van der Waals surface area contributed by atoms with Crippen molar-refractivity contribution in [3.05, 3.63) is 48.0 Å². The van der Waals surface area contributed by atoms with E-state index in [9.17, 15) is 19.5 Å². The summed E-state index contributed by atoms with van der Waals surface area (Å²) in [6, 6.07) is 10.5. The van der Waals surface area contributed by atoms with Gasteiger partial charge in [-0.25, -0.2) is 0 Å². The molecule has 0 spiro atoms. The molecule has 0 saturated heterocycles. The molecule has 0 aliphatic heterocycles. The van der Waals surface area contributed by atoms with Crippen molar-refractivity contribution in [1.82, 2.24) is 5.32 Å². The number of hydrogen-bond donors (Lipinski definition) is 2. The molecular weight excluding hydrogens is 647 g/mol. The summed E-state index contributed by atoms with van der Waals surface area (Å²) in [5, 5.41) is 13.1. The molecule has 0 aromatic heterocycles. The van der Waals surface area contributed by atoms with Gasteiger partial charge in [-0.1, -0.05) is 84.0 Å². The van der Waals surface area contributed by atoms with Crippen LogP contribution in [0.1, 0.15) is 157 Å². The molecule has 0 heterocycles. The summed E-state index contributed by atoms with van der Waals surface area (Å²) in [6.45, 7) is 24.6. The zero-order chi connectivity index (χ0) is 38.1. The van der Waals surface area contributed by atoms with E-state index < -0.39 is 17.4 Å². The van der Waals surface area contributed by atoms with E-state index in [0.29, 0.717) is 36.0 Å². The molecule has 6 heteroatoms. The minimum absolute atomic E-state index is 0.0241. The Kier molecular flexibility index (Phi) is 10.2. The Balaban J connectivity index is 1.24. The van der Waals surface area contributed by atoms with Crippen molar-refractivity contribution in [2.24, 2.45) is 62.1 Å². The summed E-state index contributed by atoms with van der Waals surface area (Å²) in [4.78, 5) is 38.9. The maximum Gasteiger partial charge on any atom is 0.309 e. The first kappa shape index (κ1) is 39.1. The summed E-state index contributed by atoms with van der Waals surface area (Å²) in [7, 11) is 0. The zero-order valence-corrected chi connectivity index (χ0v) is 33.9. The van der Waals surface area contributed by atoms with Crippen molar-refractivity contribution in [2.75, 3.05) is 0 Å². The quantitative estimate of drug-likeness (QED) is 0.186. The van der Waals surface area contributed by atoms with Gasteiger partial charge in [0.2, 0.25) is 5.91 Å². The van der Waals surface area contributed by atoms with Crippen molar-refractivity contribution < 1.29 is 24.2 Å². The SMILES string of the molecule is C=C(C)[C@@H]1CC[C@]2(CC(=O)N[C@H](CC)c3ccccc3)CC[C@]3(C)[C@H](CC[C@@H]4[C@@]5(C)CC[C@H](OC(=O)CC(C)(C)C(=O)O)C(C)(C)[C@@H]5CC[C@]43C)[C@@H]12. The van der Waals surface area contributed by atoms with E-state index in [0.717, 1.165) is 44.9 Å². The van der Waals surface area contributed by atoms with Crippen LogP contribution in [0.2, 0.25) is 0 Å². The number of nitrogens with one attached hydrogen (secondary N) is 1. The highest BCUT2D eigenvalue weighted by molar-refractivity contribution is 5.81. The highest BCUT2D eigenvalue weighted by Crippen LogP contribution is 2.78. The van der Waals surface area contributed by atoms with E-state index >= 15 is 0 Å². The number of amides is 1. The van der Waals surface area contributed by atoms with Crippen LogP contribution in [0.5, 0.6) is 0 Å². The first-order valence-electron chi connectivity index (χ1n) is 20.7. The molecule has 1 aromatic carbocycles. The fourth-order valence-corrected chi connectivity index (χ4v) is 14.1. The lowest BCUT2D eigenvalue weighted by atomic mass is 9.32. The second kappa shape index (κ2) is 13.6. The second-order valence-electron chi connectivity index (χ2n) is 20.4. The largest absolute Gasteiger partial charge is 0.481 e. The Hall–Kier alpha value is -2.63. The van der Waals surface area contributed by atoms with Gasteiger partial charge in [0.15, 0.2) is 0 Å². The van der Waals surface area contributed by atoms with Crippen molar-refractivity contribution in [3.8, 4) is 0 Å². The van der Waals surface area contributed by atoms with Crippen molar-refractivity contribution >= 4 is 17.8 Å². The van der Waals surface area contributed by atoms with E-state index in [-0.39, 0.29) is 51.5 Å². The number of aliphatic carboxylic acids is 1. The number of carboxylic acids is 1. The fraction of sp³-hybridized carbons (Fsp3) is 0.761. The predicted octanol–water partition coefficient (Wildman–Crippen LogP) is 10.7. The Morgan fingerprint density at radius 3 is 2.23 bits per heavy atom. The normalized spacial score (nSPS) is 39.9. The Labute approximate surface area is 314 Å². The van der Waals surface area contributed by atoms with Gasteiger partial charge in [-0.3, -0.25) is 14.4 Å². The fourth-order valence-electron chi connectivity index (χ4n) is 14.1. The van der Waals surface area contributed by atoms with E-state index in [1.54, 1.807) is 13.8 Å². The Morgan fingerprint density at radius 1 is 0.904 bits per heavy atom. The van der Waals surface area contributed by atoms with Gasteiger partial charge in [-0.15, -0.1) is 0 Å². The number of carbonyl (C=O) groups excluding carboxylic acids is 2. The number of allylic oxidation sites excluding steroid dienone is 1. The van der Waals surface area contributed by atoms with Gasteiger partial charge in [0.25, 0.3) is 0 Å². The summed E-state index contributed by atoms with van der Waals surface area (Å²) in [5.41, 5.74) is 1.67. The molecule has 6 rings (SSSR count). The van der Waals surface area contributed by atoms with Crippen LogP contribution < -0.4 is 5.32 Å². The number of hydrogen-bond acceptors (Lipinski definition) is 4. The third-order valence-corrected chi connectivity index (χ3v) is 17.1. The molecular formula is C46H69NO5.